The van der Waals surface area contributed by atoms with Gasteiger partial charge in [-0.05, 0) is 24.3 Å². The zero-order chi connectivity index (χ0) is 16.8. The summed E-state index contributed by atoms with van der Waals surface area (Å²) in [5.74, 6) is 0.246. The molecule has 2 aromatic rings. The molecule has 23 heavy (non-hydrogen) atoms. The molecular weight excluding hydrogens is 320 g/mol. The second kappa shape index (κ2) is 7.60. The third kappa shape index (κ3) is 4.43. The van der Waals surface area contributed by atoms with Crippen LogP contribution in [-0.4, -0.2) is 35.9 Å². The molecule has 0 spiro atoms. The summed E-state index contributed by atoms with van der Waals surface area (Å²) in [7, 11) is 1.56. The summed E-state index contributed by atoms with van der Waals surface area (Å²) in [5.41, 5.74) is -0.306. The minimum Gasteiger partial charge on any atom is -0.492 e. The number of rotatable bonds is 6. The average Bonchev–Trinajstić information content (AvgIpc) is 2.55. The van der Waals surface area contributed by atoms with Gasteiger partial charge in [0, 0.05) is 18.1 Å². The fourth-order valence-corrected chi connectivity index (χ4v) is 2.13. The summed E-state index contributed by atoms with van der Waals surface area (Å²) in [6.45, 7) is 0.584. The third-order valence-electron chi connectivity index (χ3n) is 3.17. The molecule has 2 rings (SSSR count). The Kier molecular flexibility index (Phi) is 5.54. The number of nitro groups is 1. The van der Waals surface area contributed by atoms with Crippen LogP contribution in [0.2, 0.25) is 5.02 Å². The lowest BCUT2D eigenvalue weighted by Crippen LogP contribution is -2.31. The van der Waals surface area contributed by atoms with Crippen molar-refractivity contribution in [3.63, 3.8) is 0 Å². The Morgan fingerprint density at radius 3 is 2.61 bits per heavy atom. The number of carbonyl (C=O) groups excluding carboxylic acids is 1. The molecule has 0 N–H and O–H groups in total. The molecule has 0 fully saturated rings. The van der Waals surface area contributed by atoms with Gasteiger partial charge in [-0.25, -0.2) is 0 Å². The van der Waals surface area contributed by atoms with Crippen LogP contribution in [0.15, 0.2) is 48.5 Å². The molecule has 0 heterocycles. The van der Waals surface area contributed by atoms with Crippen molar-refractivity contribution in [2.24, 2.45) is 0 Å². The highest BCUT2D eigenvalue weighted by Crippen LogP contribution is 2.24. The number of benzene rings is 2. The molecule has 0 bridgehead atoms. The molecule has 0 saturated carbocycles. The lowest BCUT2D eigenvalue weighted by atomic mass is 10.1. The molecule has 0 aliphatic rings. The summed E-state index contributed by atoms with van der Waals surface area (Å²) in [6, 6.07) is 13.2. The molecular formula is C16H15ClN2O4. The van der Waals surface area contributed by atoms with Gasteiger partial charge in [-0.3, -0.25) is 14.9 Å². The molecule has 1 amide bonds. The third-order valence-corrected chi connectivity index (χ3v) is 3.41. The summed E-state index contributed by atoms with van der Waals surface area (Å²) >= 11 is 5.75. The number of ether oxygens (including phenoxy) is 1. The van der Waals surface area contributed by atoms with Crippen LogP contribution in [0, 0.1) is 10.1 Å². The highest BCUT2D eigenvalue weighted by Gasteiger charge is 2.23. The van der Waals surface area contributed by atoms with Gasteiger partial charge in [0.2, 0.25) is 0 Å². The number of likely N-dealkylation sites (N-methyl/N-ethyl adjacent to an activating group) is 1. The van der Waals surface area contributed by atoms with E-state index in [0.29, 0.717) is 12.3 Å². The Balaban J connectivity index is 2.01. The number of carbonyl (C=O) groups is 1. The molecule has 2 aromatic carbocycles. The van der Waals surface area contributed by atoms with E-state index in [2.05, 4.69) is 0 Å². The van der Waals surface area contributed by atoms with Crippen LogP contribution >= 0.6 is 11.6 Å². The Morgan fingerprint density at radius 1 is 1.26 bits per heavy atom. The number of hydrogen-bond donors (Lipinski definition) is 0. The minimum absolute atomic E-state index is 0.00149. The molecule has 120 valence electrons. The van der Waals surface area contributed by atoms with E-state index in [9.17, 15) is 14.9 Å². The second-order valence-corrected chi connectivity index (χ2v) is 5.24. The fourth-order valence-electron chi connectivity index (χ4n) is 1.96. The topological polar surface area (TPSA) is 72.7 Å². The molecule has 0 aliphatic heterocycles. The number of para-hydroxylation sites is 1. The Hall–Kier alpha value is -2.60. The van der Waals surface area contributed by atoms with Crippen LogP contribution in [0.5, 0.6) is 5.75 Å². The van der Waals surface area contributed by atoms with E-state index >= 15 is 0 Å². The largest absolute Gasteiger partial charge is 0.492 e. The van der Waals surface area contributed by atoms with Crippen LogP contribution in [-0.2, 0) is 0 Å². The fraction of sp³-hybridized carbons (Fsp3) is 0.188. The van der Waals surface area contributed by atoms with Crippen molar-refractivity contribution in [3.8, 4) is 5.75 Å². The second-order valence-electron chi connectivity index (χ2n) is 4.81. The van der Waals surface area contributed by atoms with Gasteiger partial charge >= 0.3 is 0 Å². The highest BCUT2D eigenvalue weighted by molar-refractivity contribution is 6.31. The standard InChI is InChI=1S/C16H15ClN2O4/c1-18(9-10-23-13-5-3-2-4-6-13)16(20)14-8-7-12(17)11-15(14)19(21)22/h2-8,11H,9-10H2,1H3. The summed E-state index contributed by atoms with van der Waals surface area (Å²) in [6.07, 6.45) is 0. The molecule has 0 saturated heterocycles. The van der Waals surface area contributed by atoms with Crippen LogP contribution in [0.1, 0.15) is 10.4 Å². The minimum atomic E-state index is -0.618. The van der Waals surface area contributed by atoms with Crippen molar-refractivity contribution in [2.75, 3.05) is 20.2 Å². The van der Waals surface area contributed by atoms with E-state index in [4.69, 9.17) is 16.3 Å². The van der Waals surface area contributed by atoms with Crippen LogP contribution < -0.4 is 4.74 Å². The lowest BCUT2D eigenvalue weighted by Gasteiger charge is -2.17. The average molecular weight is 335 g/mol. The highest BCUT2D eigenvalue weighted by atomic mass is 35.5. The van der Waals surface area contributed by atoms with Gasteiger partial charge in [0.25, 0.3) is 11.6 Å². The molecule has 0 radical (unpaired) electrons. The SMILES string of the molecule is CN(CCOc1ccccc1)C(=O)c1ccc(Cl)cc1[N+](=O)[O-]. The van der Waals surface area contributed by atoms with E-state index in [1.165, 1.54) is 23.1 Å². The first-order valence-corrected chi connectivity index (χ1v) is 7.24. The first-order valence-electron chi connectivity index (χ1n) is 6.86. The zero-order valence-corrected chi connectivity index (χ0v) is 13.2. The van der Waals surface area contributed by atoms with Crippen LogP contribution in [0.4, 0.5) is 5.69 Å². The maximum Gasteiger partial charge on any atom is 0.283 e. The van der Waals surface area contributed by atoms with Crippen molar-refractivity contribution >= 4 is 23.2 Å². The van der Waals surface area contributed by atoms with Crippen molar-refractivity contribution in [2.45, 2.75) is 0 Å². The van der Waals surface area contributed by atoms with Gasteiger partial charge in [0.05, 0.1) is 11.5 Å². The first-order chi connectivity index (χ1) is 11.0. The van der Waals surface area contributed by atoms with Crippen molar-refractivity contribution < 1.29 is 14.5 Å². The number of amides is 1. The van der Waals surface area contributed by atoms with Gasteiger partial charge in [-0.2, -0.15) is 0 Å². The van der Waals surface area contributed by atoms with E-state index < -0.39 is 10.8 Å². The lowest BCUT2D eigenvalue weighted by molar-refractivity contribution is -0.385. The number of hydrogen-bond acceptors (Lipinski definition) is 4. The van der Waals surface area contributed by atoms with Crippen molar-refractivity contribution in [1.82, 2.24) is 4.90 Å². The van der Waals surface area contributed by atoms with E-state index in [1.807, 2.05) is 30.3 Å². The smallest absolute Gasteiger partial charge is 0.283 e. The van der Waals surface area contributed by atoms with Gasteiger partial charge in [-0.15, -0.1) is 0 Å². The van der Waals surface area contributed by atoms with Crippen molar-refractivity contribution in [3.05, 3.63) is 69.2 Å². The molecule has 0 unspecified atom stereocenters. The number of halogens is 1. The molecule has 7 heteroatoms. The maximum absolute atomic E-state index is 12.3. The zero-order valence-electron chi connectivity index (χ0n) is 12.4. The Bertz CT molecular complexity index is 706. The normalized spacial score (nSPS) is 10.2. The van der Waals surface area contributed by atoms with Gasteiger partial charge in [0.1, 0.15) is 17.9 Å². The van der Waals surface area contributed by atoms with Crippen LogP contribution in [0.3, 0.4) is 0 Å². The van der Waals surface area contributed by atoms with Crippen molar-refractivity contribution in [1.29, 1.82) is 0 Å². The number of nitro benzene ring substituents is 1. The number of nitrogens with zero attached hydrogens (tertiary/aromatic N) is 2. The molecule has 6 nitrogen and oxygen atoms in total. The quantitative estimate of drug-likeness (QED) is 0.599. The predicted molar refractivity (Wildman–Crippen MR) is 87.0 cm³/mol. The summed E-state index contributed by atoms with van der Waals surface area (Å²) in [5, 5.41) is 11.3. The van der Waals surface area contributed by atoms with Crippen LogP contribution in [0.25, 0.3) is 0 Å². The molecule has 0 aliphatic carbocycles. The Morgan fingerprint density at radius 2 is 1.96 bits per heavy atom. The Labute approximate surface area is 138 Å². The first kappa shape index (κ1) is 16.8. The predicted octanol–water partition coefficient (Wildman–Crippen LogP) is 3.40. The van der Waals surface area contributed by atoms with Gasteiger partial charge in [0.15, 0.2) is 0 Å². The molecule has 0 aromatic heterocycles. The van der Waals surface area contributed by atoms with Gasteiger partial charge in [-0.1, -0.05) is 29.8 Å². The summed E-state index contributed by atoms with van der Waals surface area (Å²) in [4.78, 5) is 24.2. The van der Waals surface area contributed by atoms with E-state index in [-0.39, 0.29) is 22.9 Å². The van der Waals surface area contributed by atoms with Gasteiger partial charge < -0.3 is 9.64 Å². The monoisotopic (exact) mass is 334 g/mol. The maximum atomic E-state index is 12.3. The summed E-state index contributed by atoms with van der Waals surface area (Å²) < 4.78 is 5.51. The molecule has 0 atom stereocenters. The van der Waals surface area contributed by atoms with E-state index in [0.717, 1.165) is 0 Å². The van der Waals surface area contributed by atoms with E-state index in [1.54, 1.807) is 7.05 Å².